The Morgan fingerprint density at radius 3 is 2.96 bits per heavy atom. The highest BCUT2D eigenvalue weighted by atomic mass is 35.5. The molecule has 4 nitrogen and oxygen atoms in total. The number of hydrogen-bond donors (Lipinski definition) is 1. The average molecular weight is 351 g/mol. The van der Waals surface area contributed by atoms with Crippen LogP contribution in [-0.2, 0) is 14.9 Å². The van der Waals surface area contributed by atoms with Gasteiger partial charge in [0, 0.05) is 31.8 Å². The van der Waals surface area contributed by atoms with Crippen LogP contribution in [0.25, 0.3) is 0 Å². The highest BCUT2D eigenvalue weighted by molar-refractivity contribution is 6.30. The van der Waals surface area contributed by atoms with E-state index < -0.39 is 0 Å². The molecule has 1 saturated carbocycles. The topological polar surface area (TPSA) is 41.6 Å². The summed E-state index contributed by atoms with van der Waals surface area (Å²) in [6.45, 7) is 4.67. The Hall–Kier alpha value is -1.10. The largest absolute Gasteiger partial charge is 0.383 e. The van der Waals surface area contributed by atoms with Crippen LogP contribution in [0.15, 0.2) is 24.3 Å². The van der Waals surface area contributed by atoms with Gasteiger partial charge in [-0.2, -0.15) is 0 Å². The molecule has 0 aromatic heterocycles. The molecule has 1 heterocycles. The lowest BCUT2D eigenvalue weighted by atomic mass is 9.64. The quantitative estimate of drug-likeness (QED) is 0.822. The molecule has 1 aromatic carbocycles. The third kappa shape index (κ3) is 3.76. The molecule has 0 radical (unpaired) electrons. The van der Waals surface area contributed by atoms with Crippen LogP contribution in [0.2, 0.25) is 5.02 Å². The highest BCUT2D eigenvalue weighted by Gasteiger charge is 2.45. The average Bonchev–Trinajstić information content (AvgIpc) is 2.98. The minimum atomic E-state index is -0.362. The van der Waals surface area contributed by atoms with Crippen molar-refractivity contribution in [3.8, 4) is 0 Å². The molecule has 1 aromatic rings. The van der Waals surface area contributed by atoms with Crippen LogP contribution < -0.4 is 5.32 Å². The standard InChI is InChI=1S/C19H27ClN2O2/c1-24-11-10-22-9-6-15(14-22)13-21-18(23)19(7-3-8-19)16-4-2-5-17(20)12-16/h2,4-5,12,15H,3,6-11,13-14H2,1H3,(H,21,23)/t15-/m0/s1. The van der Waals surface area contributed by atoms with Crippen molar-refractivity contribution in [3.05, 3.63) is 34.9 Å². The summed E-state index contributed by atoms with van der Waals surface area (Å²) >= 11 is 6.13. The zero-order chi connectivity index (χ0) is 17.0. The van der Waals surface area contributed by atoms with Crippen LogP contribution >= 0.6 is 11.6 Å². The van der Waals surface area contributed by atoms with Gasteiger partial charge in [0.2, 0.25) is 5.91 Å². The Morgan fingerprint density at radius 1 is 1.46 bits per heavy atom. The number of likely N-dealkylation sites (tertiary alicyclic amines) is 1. The Balaban J connectivity index is 1.55. The zero-order valence-electron chi connectivity index (χ0n) is 14.4. The minimum absolute atomic E-state index is 0.173. The second-order valence-electron chi connectivity index (χ2n) is 7.10. The summed E-state index contributed by atoms with van der Waals surface area (Å²) < 4.78 is 5.14. The molecule has 0 bridgehead atoms. The predicted molar refractivity (Wildman–Crippen MR) is 96.4 cm³/mol. The number of nitrogens with one attached hydrogen (secondary N) is 1. The van der Waals surface area contributed by atoms with Crippen LogP contribution in [0, 0.1) is 5.92 Å². The molecular formula is C19H27ClN2O2. The van der Waals surface area contributed by atoms with E-state index in [1.165, 1.54) is 0 Å². The summed E-state index contributed by atoms with van der Waals surface area (Å²) in [7, 11) is 1.74. The number of rotatable bonds is 7. The van der Waals surface area contributed by atoms with Crippen molar-refractivity contribution < 1.29 is 9.53 Å². The normalized spacial score (nSPS) is 23.0. The lowest BCUT2D eigenvalue weighted by molar-refractivity contribution is -0.130. The molecule has 1 aliphatic heterocycles. The first-order chi connectivity index (χ1) is 11.6. The third-order valence-corrected chi connectivity index (χ3v) is 5.79. The molecule has 0 spiro atoms. The van der Waals surface area contributed by atoms with Gasteiger partial charge in [-0.05, 0) is 49.4 Å². The van der Waals surface area contributed by atoms with E-state index in [0.717, 1.165) is 64.0 Å². The highest BCUT2D eigenvalue weighted by Crippen LogP contribution is 2.44. The van der Waals surface area contributed by atoms with Crippen molar-refractivity contribution in [1.82, 2.24) is 10.2 Å². The van der Waals surface area contributed by atoms with Crippen LogP contribution in [-0.4, -0.2) is 50.7 Å². The second kappa shape index (κ2) is 7.85. The molecule has 1 aliphatic carbocycles. The summed E-state index contributed by atoms with van der Waals surface area (Å²) in [5.74, 6) is 0.716. The maximum absolute atomic E-state index is 12.9. The van der Waals surface area contributed by atoms with Gasteiger partial charge in [0.05, 0.1) is 12.0 Å². The molecule has 2 aliphatic rings. The van der Waals surface area contributed by atoms with Gasteiger partial charge < -0.3 is 15.0 Å². The first kappa shape index (κ1) is 17.7. The van der Waals surface area contributed by atoms with Crippen molar-refractivity contribution in [3.63, 3.8) is 0 Å². The molecule has 5 heteroatoms. The molecule has 2 fully saturated rings. The van der Waals surface area contributed by atoms with Gasteiger partial charge in [-0.15, -0.1) is 0 Å². The molecule has 1 amide bonds. The van der Waals surface area contributed by atoms with Crippen molar-refractivity contribution in [1.29, 1.82) is 0 Å². The number of halogens is 1. The van der Waals surface area contributed by atoms with E-state index in [9.17, 15) is 4.79 Å². The molecule has 1 saturated heterocycles. The van der Waals surface area contributed by atoms with Crippen molar-refractivity contribution >= 4 is 17.5 Å². The first-order valence-electron chi connectivity index (χ1n) is 8.90. The summed E-state index contributed by atoms with van der Waals surface area (Å²) in [5.41, 5.74) is 0.700. The number of amides is 1. The maximum atomic E-state index is 12.9. The van der Waals surface area contributed by atoms with E-state index in [1.807, 2.05) is 24.3 Å². The number of hydrogen-bond acceptors (Lipinski definition) is 3. The maximum Gasteiger partial charge on any atom is 0.230 e. The molecule has 0 unspecified atom stereocenters. The Morgan fingerprint density at radius 2 is 2.29 bits per heavy atom. The number of methoxy groups -OCH3 is 1. The SMILES string of the molecule is COCCN1CC[C@@H](CNC(=O)C2(c3cccc(Cl)c3)CCC2)C1. The molecule has 132 valence electrons. The molecule has 1 N–H and O–H groups in total. The summed E-state index contributed by atoms with van der Waals surface area (Å²) in [6.07, 6.45) is 4.09. The zero-order valence-corrected chi connectivity index (χ0v) is 15.1. The minimum Gasteiger partial charge on any atom is -0.383 e. The Labute approximate surface area is 149 Å². The lowest BCUT2D eigenvalue weighted by Gasteiger charge is -2.41. The summed E-state index contributed by atoms with van der Waals surface area (Å²) in [6, 6.07) is 7.78. The molecule has 1 atom stereocenters. The number of benzene rings is 1. The van der Waals surface area contributed by atoms with Crippen molar-refractivity contribution in [2.45, 2.75) is 31.1 Å². The third-order valence-electron chi connectivity index (χ3n) is 5.55. The fourth-order valence-corrected chi connectivity index (χ4v) is 4.06. The number of nitrogens with zero attached hydrogens (tertiary/aromatic N) is 1. The van der Waals surface area contributed by atoms with Crippen LogP contribution in [0.4, 0.5) is 0 Å². The smallest absolute Gasteiger partial charge is 0.230 e. The fourth-order valence-electron chi connectivity index (χ4n) is 3.87. The van der Waals surface area contributed by atoms with E-state index >= 15 is 0 Å². The van der Waals surface area contributed by atoms with Crippen LogP contribution in [0.5, 0.6) is 0 Å². The second-order valence-corrected chi connectivity index (χ2v) is 7.54. The number of ether oxygens (including phenoxy) is 1. The fraction of sp³-hybridized carbons (Fsp3) is 0.632. The first-order valence-corrected chi connectivity index (χ1v) is 9.27. The van der Waals surface area contributed by atoms with E-state index in [-0.39, 0.29) is 11.3 Å². The van der Waals surface area contributed by atoms with Gasteiger partial charge in [0.25, 0.3) is 0 Å². The number of carbonyl (C=O) groups excluding carboxylic acids is 1. The molecule has 24 heavy (non-hydrogen) atoms. The monoisotopic (exact) mass is 350 g/mol. The van der Waals surface area contributed by atoms with E-state index in [0.29, 0.717) is 10.9 Å². The van der Waals surface area contributed by atoms with Gasteiger partial charge in [0.1, 0.15) is 0 Å². The van der Waals surface area contributed by atoms with Crippen molar-refractivity contribution in [2.75, 3.05) is 39.9 Å². The molecular weight excluding hydrogens is 324 g/mol. The van der Waals surface area contributed by atoms with E-state index in [1.54, 1.807) is 7.11 Å². The lowest BCUT2D eigenvalue weighted by Crippen LogP contribution is -2.50. The predicted octanol–water partition coefficient (Wildman–Crippen LogP) is 2.85. The summed E-state index contributed by atoms with van der Waals surface area (Å²) in [5, 5.41) is 3.93. The van der Waals surface area contributed by atoms with Gasteiger partial charge in [-0.1, -0.05) is 30.2 Å². The van der Waals surface area contributed by atoms with Crippen LogP contribution in [0.3, 0.4) is 0 Å². The number of carbonyl (C=O) groups is 1. The van der Waals surface area contributed by atoms with E-state index in [4.69, 9.17) is 16.3 Å². The van der Waals surface area contributed by atoms with E-state index in [2.05, 4.69) is 10.2 Å². The molecule has 3 rings (SSSR count). The van der Waals surface area contributed by atoms with Crippen molar-refractivity contribution in [2.24, 2.45) is 5.92 Å². The summed E-state index contributed by atoms with van der Waals surface area (Å²) in [4.78, 5) is 15.3. The van der Waals surface area contributed by atoms with Crippen LogP contribution in [0.1, 0.15) is 31.2 Å². The van der Waals surface area contributed by atoms with Gasteiger partial charge in [-0.25, -0.2) is 0 Å². The van der Waals surface area contributed by atoms with Gasteiger partial charge >= 0.3 is 0 Å². The Bertz CT molecular complexity index is 574. The van der Waals surface area contributed by atoms with Gasteiger partial charge in [0.15, 0.2) is 0 Å². The Kier molecular flexibility index (Phi) is 5.80. The van der Waals surface area contributed by atoms with Gasteiger partial charge in [-0.3, -0.25) is 4.79 Å².